The van der Waals surface area contributed by atoms with Crippen LogP contribution in [0.5, 0.6) is 5.75 Å². The van der Waals surface area contributed by atoms with Gasteiger partial charge in [-0.1, -0.05) is 13.0 Å². The smallest absolute Gasteiger partial charge is 0.125 e. The SMILES string of the molecule is CCC1CN(c2cccc(OC)c2[C@H](C)N)CCS1. The first-order chi connectivity index (χ1) is 9.17. The Morgan fingerprint density at radius 2 is 2.32 bits per heavy atom. The van der Waals surface area contributed by atoms with E-state index < -0.39 is 0 Å². The molecule has 0 aromatic heterocycles. The zero-order valence-electron chi connectivity index (χ0n) is 12.1. The molecule has 0 aliphatic carbocycles. The van der Waals surface area contributed by atoms with Crippen molar-refractivity contribution in [3.63, 3.8) is 0 Å². The summed E-state index contributed by atoms with van der Waals surface area (Å²) < 4.78 is 5.48. The van der Waals surface area contributed by atoms with E-state index in [1.165, 1.54) is 17.9 Å². The molecule has 2 N–H and O–H groups in total. The van der Waals surface area contributed by atoms with Gasteiger partial charge in [-0.05, 0) is 25.5 Å². The number of ether oxygens (including phenoxy) is 1. The summed E-state index contributed by atoms with van der Waals surface area (Å²) in [4.78, 5) is 2.46. The molecular formula is C15H24N2OS. The summed E-state index contributed by atoms with van der Waals surface area (Å²) in [6.45, 7) is 6.48. The van der Waals surface area contributed by atoms with E-state index in [4.69, 9.17) is 10.5 Å². The molecule has 1 heterocycles. The lowest BCUT2D eigenvalue weighted by atomic mass is 10.0. The number of methoxy groups -OCH3 is 1. The van der Waals surface area contributed by atoms with Crippen molar-refractivity contribution in [3.8, 4) is 5.75 Å². The molecule has 1 aromatic carbocycles. The fraction of sp³-hybridized carbons (Fsp3) is 0.600. The number of thioether (sulfide) groups is 1. The summed E-state index contributed by atoms with van der Waals surface area (Å²) in [5.74, 6) is 2.09. The summed E-state index contributed by atoms with van der Waals surface area (Å²) in [5, 5.41) is 0.723. The second-order valence-electron chi connectivity index (χ2n) is 5.03. The predicted octanol–water partition coefficient (Wildman–Crippen LogP) is 3.05. The van der Waals surface area contributed by atoms with Crippen LogP contribution in [-0.2, 0) is 0 Å². The predicted molar refractivity (Wildman–Crippen MR) is 84.3 cm³/mol. The number of hydrogen-bond acceptors (Lipinski definition) is 4. The van der Waals surface area contributed by atoms with Crippen molar-refractivity contribution >= 4 is 17.4 Å². The lowest BCUT2D eigenvalue weighted by molar-refractivity contribution is 0.407. The molecule has 1 aliphatic rings. The van der Waals surface area contributed by atoms with Crippen LogP contribution in [0.4, 0.5) is 5.69 Å². The summed E-state index contributed by atoms with van der Waals surface area (Å²) in [6.07, 6.45) is 1.22. The zero-order chi connectivity index (χ0) is 13.8. The van der Waals surface area contributed by atoms with Gasteiger partial charge >= 0.3 is 0 Å². The van der Waals surface area contributed by atoms with Gasteiger partial charge in [-0.3, -0.25) is 0 Å². The van der Waals surface area contributed by atoms with Crippen LogP contribution in [-0.4, -0.2) is 31.2 Å². The minimum atomic E-state index is -0.0131. The van der Waals surface area contributed by atoms with E-state index in [1.54, 1.807) is 7.11 Å². The topological polar surface area (TPSA) is 38.5 Å². The average Bonchev–Trinajstić information content (AvgIpc) is 2.46. The molecule has 19 heavy (non-hydrogen) atoms. The van der Waals surface area contributed by atoms with Gasteiger partial charge in [0.15, 0.2) is 0 Å². The van der Waals surface area contributed by atoms with Gasteiger partial charge in [-0.2, -0.15) is 11.8 Å². The molecule has 0 spiro atoms. The fourth-order valence-electron chi connectivity index (χ4n) is 2.63. The van der Waals surface area contributed by atoms with Crippen LogP contribution in [0, 0.1) is 0 Å². The monoisotopic (exact) mass is 280 g/mol. The molecule has 106 valence electrons. The Bertz CT molecular complexity index is 423. The molecular weight excluding hydrogens is 256 g/mol. The summed E-state index contributed by atoms with van der Waals surface area (Å²) in [5.41, 5.74) is 8.53. The first-order valence-corrected chi connectivity index (χ1v) is 8.01. The third-order valence-corrected chi connectivity index (χ3v) is 5.03. The molecule has 2 rings (SSSR count). The minimum absolute atomic E-state index is 0.0131. The standard InChI is InChI=1S/C15H24N2OS/c1-4-12-10-17(8-9-19-12)13-6-5-7-14(18-3)15(13)11(2)16/h5-7,11-12H,4,8-10,16H2,1-3H3/t11-,12?/m0/s1. The summed E-state index contributed by atoms with van der Waals surface area (Å²) in [6, 6.07) is 6.21. The van der Waals surface area contributed by atoms with Crippen molar-refractivity contribution < 1.29 is 4.74 Å². The van der Waals surface area contributed by atoms with Crippen LogP contribution >= 0.6 is 11.8 Å². The summed E-state index contributed by atoms with van der Waals surface area (Å²) in [7, 11) is 1.71. The molecule has 1 aromatic rings. The molecule has 3 nitrogen and oxygen atoms in total. The Morgan fingerprint density at radius 3 is 2.95 bits per heavy atom. The van der Waals surface area contributed by atoms with Gasteiger partial charge in [0, 0.05) is 41.4 Å². The highest BCUT2D eigenvalue weighted by molar-refractivity contribution is 8.00. The Kier molecular flexibility index (Phi) is 4.99. The van der Waals surface area contributed by atoms with E-state index in [0.717, 1.165) is 29.7 Å². The molecule has 1 aliphatic heterocycles. The van der Waals surface area contributed by atoms with Gasteiger partial charge in [0.05, 0.1) is 7.11 Å². The highest BCUT2D eigenvalue weighted by Gasteiger charge is 2.23. The number of nitrogens with two attached hydrogens (primary N) is 1. The maximum atomic E-state index is 6.15. The zero-order valence-corrected chi connectivity index (χ0v) is 12.9. The molecule has 0 amide bonds. The minimum Gasteiger partial charge on any atom is -0.496 e. The van der Waals surface area contributed by atoms with E-state index in [1.807, 2.05) is 13.0 Å². The van der Waals surface area contributed by atoms with Gasteiger partial charge in [0.1, 0.15) is 5.75 Å². The summed E-state index contributed by atoms with van der Waals surface area (Å²) >= 11 is 2.08. The number of nitrogens with zero attached hydrogens (tertiary/aromatic N) is 1. The molecule has 0 radical (unpaired) electrons. The highest BCUT2D eigenvalue weighted by Crippen LogP contribution is 2.35. The Hall–Kier alpha value is -0.870. The first kappa shape index (κ1) is 14.5. The van der Waals surface area contributed by atoms with Crippen molar-refractivity contribution in [3.05, 3.63) is 23.8 Å². The van der Waals surface area contributed by atoms with Crippen molar-refractivity contribution in [1.82, 2.24) is 0 Å². The molecule has 2 atom stereocenters. The van der Waals surface area contributed by atoms with Crippen molar-refractivity contribution in [2.45, 2.75) is 31.6 Å². The lowest BCUT2D eigenvalue weighted by Gasteiger charge is -2.35. The largest absolute Gasteiger partial charge is 0.496 e. The second kappa shape index (κ2) is 6.53. The molecule has 0 bridgehead atoms. The van der Waals surface area contributed by atoms with Crippen LogP contribution in [0.1, 0.15) is 31.9 Å². The third-order valence-electron chi connectivity index (χ3n) is 3.65. The van der Waals surface area contributed by atoms with Crippen molar-refractivity contribution in [2.75, 3.05) is 30.9 Å². The fourth-order valence-corrected chi connectivity index (χ4v) is 3.81. The number of benzene rings is 1. The molecule has 4 heteroatoms. The van der Waals surface area contributed by atoms with Crippen molar-refractivity contribution in [2.24, 2.45) is 5.73 Å². The van der Waals surface area contributed by atoms with Crippen LogP contribution in [0.25, 0.3) is 0 Å². The molecule has 1 fully saturated rings. The Morgan fingerprint density at radius 1 is 1.53 bits per heavy atom. The van der Waals surface area contributed by atoms with E-state index in [-0.39, 0.29) is 6.04 Å². The maximum Gasteiger partial charge on any atom is 0.125 e. The second-order valence-corrected chi connectivity index (χ2v) is 6.44. The van der Waals surface area contributed by atoms with E-state index in [2.05, 4.69) is 35.7 Å². The van der Waals surface area contributed by atoms with Gasteiger partial charge in [-0.15, -0.1) is 0 Å². The van der Waals surface area contributed by atoms with Gasteiger partial charge in [0.25, 0.3) is 0 Å². The number of hydrogen-bond donors (Lipinski definition) is 1. The van der Waals surface area contributed by atoms with Gasteiger partial charge in [-0.25, -0.2) is 0 Å². The maximum absolute atomic E-state index is 6.15. The average molecular weight is 280 g/mol. The van der Waals surface area contributed by atoms with E-state index in [9.17, 15) is 0 Å². The Labute approximate surface area is 120 Å². The number of anilines is 1. The molecule has 1 unspecified atom stereocenters. The molecule has 1 saturated heterocycles. The Balaban J connectivity index is 2.33. The van der Waals surface area contributed by atoms with E-state index in [0.29, 0.717) is 0 Å². The highest BCUT2D eigenvalue weighted by atomic mass is 32.2. The van der Waals surface area contributed by atoms with Crippen LogP contribution < -0.4 is 15.4 Å². The van der Waals surface area contributed by atoms with Crippen LogP contribution in [0.15, 0.2) is 18.2 Å². The molecule has 0 saturated carbocycles. The van der Waals surface area contributed by atoms with Crippen LogP contribution in [0.2, 0.25) is 0 Å². The third kappa shape index (κ3) is 3.18. The quantitative estimate of drug-likeness (QED) is 0.920. The lowest BCUT2D eigenvalue weighted by Crippen LogP contribution is -2.38. The first-order valence-electron chi connectivity index (χ1n) is 6.96. The van der Waals surface area contributed by atoms with Gasteiger partial charge < -0.3 is 15.4 Å². The van der Waals surface area contributed by atoms with Gasteiger partial charge in [0.2, 0.25) is 0 Å². The van der Waals surface area contributed by atoms with E-state index >= 15 is 0 Å². The van der Waals surface area contributed by atoms with Crippen molar-refractivity contribution in [1.29, 1.82) is 0 Å². The van der Waals surface area contributed by atoms with Crippen LogP contribution in [0.3, 0.4) is 0 Å². The number of rotatable bonds is 4. The normalized spacial score (nSPS) is 21.3.